The molecular formula is C19H26N2O3S. The zero-order valence-electron chi connectivity index (χ0n) is 14.6. The summed E-state index contributed by atoms with van der Waals surface area (Å²) in [5.41, 5.74) is 7.00. The van der Waals surface area contributed by atoms with Crippen LogP contribution in [-0.2, 0) is 16.3 Å². The Morgan fingerprint density at radius 3 is 2.44 bits per heavy atom. The van der Waals surface area contributed by atoms with Gasteiger partial charge in [0.05, 0.1) is 4.90 Å². The van der Waals surface area contributed by atoms with E-state index in [9.17, 15) is 8.42 Å². The van der Waals surface area contributed by atoms with Gasteiger partial charge in [0, 0.05) is 32.4 Å². The topological polar surface area (TPSA) is 72.6 Å². The fourth-order valence-corrected chi connectivity index (χ4v) is 3.19. The molecule has 2 rings (SSSR count). The van der Waals surface area contributed by atoms with Crippen molar-refractivity contribution in [3.8, 4) is 5.75 Å². The van der Waals surface area contributed by atoms with Gasteiger partial charge in [-0.15, -0.1) is 0 Å². The van der Waals surface area contributed by atoms with Crippen molar-refractivity contribution in [3.05, 3.63) is 60.2 Å². The number of nitrogens with two attached hydrogens (primary N) is 1. The second-order valence-corrected chi connectivity index (χ2v) is 7.98. The predicted molar refractivity (Wildman–Crippen MR) is 101 cm³/mol. The Kier molecular flexibility index (Phi) is 7.43. The fourth-order valence-electron chi connectivity index (χ4n) is 2.54. The van der Waals surface area contributed by atoms with Crippen LogP contribution < -0.4 is 10.5 Å². The maximum absolute atomic E-state index is 11.6. The first kappa shape index (κ1) is 19.4. The van der Waals surface area contributed by atoms with E-state index >= 15 is 0 Å². The van der Waals surface area contributed by atoms with Gasteiger partial charge in [-0.1, -0.05) is 36.4 Å². The van der Waals surface area contributed by atoms with E-state index in [0.29, 0.717) is 18.9 Å². The summed E-state index contributed by atoms with van der Waals surface area (Å²) in [5.74, 6) is 0.568. The smallest absolute Gasteiger partial charge is 0.175 e. The molecule has 0 fully saturated rings. The Bertz CT molecular complexity index is 748. The van der Waals surface area contributed by atoms with Crippen LogP contribution in [0.25, 0.3) is 0 Å². The molecule has 2 aromatic rings. The van der Waals surface area contributed by atoms with E-state index in [2.05, 4.69) is 17.0 Å². The molecule has 25 heavy (non-hydrogen) atoms. The number of nitrogens with zero attached hydrogens (tertiary/aromatic N) is 1. The van der Waals surface area contributed by atoms with Gasteiger partial charge in [-0.2, -0.15) is 0 Å². The van der Waals surface area contributed by atoms with Crippen LogP contribution in [0.3, 0.4) is 0 Å². The molecule has 0 heterocycles. The summed E-state index contributed by atoms with van der Waals surface area (Å²) in [7, 11) is -3.22. The molecule has 136 valence electrons. The summed E-state index contributed by atoms with van der Waals surface area (Å²) in [6.45, 7) is 3.54. The van der Waals surface area contributed by atoms with Crippen LogP contribution >= 0.6 is 0 Å². The summed E-state index contributed by atoms with van der Waals surface area (Å²) < 4.78 is 28.9. The molecule has 2 N–H and O–H groups in total. The van der Waals surface area contributed by atoms with Crippen LogP contribution in [0, 0.1) is 0 Å². The highest BCUT2D eigenvalue weighted by Crippen LogP contribution is 2.17. The highest BCUT2D eigenvalue weighted by Gasteiger charge is 2.09. The zero-order chi connectivity index (χ0) is 18.1. The van der Waals surface area contributed by atoms with Crippen molar-refractivity contribution < 1.29 is 13.2 Å². The Balaban J connectivity index is 1.84. The highest BCUT2D eigenvalue weighted by molar-refractivity contribution is 7.90. The lowest BCUT2D eigenvalue weighted by molar-refractivity contribution is 0.213. The molecule has 0 bridgehead atoms. The van der Waals surface area contributed by atoms with Gasteiger partial charge >= 0.3 is 0 Å². The first-order valence-corrected chi connectivity index (χ1v) is 10.3. The summed E-state index contributed by atoms with van der Waals surface area (Å²) >= 11 is 0. The Morgan fingerprint density at radius 2 is 1.76 bits per heavy atom. The zero-order valence-corrected chi connectivity index (χ0v) is 15.4. The Labute approximate surface area is 150 Å². The molecule has 0 aliphatic heterocycles. The van der Waals surface area contributed by atoms with Crippen molar-refractivity contribution in [2.45, 2.75) is 11.3 Å². The van der Waals surface area contributed by atoms with E-state index in [1.807, 2.05) is 18.2 Å². The van der Waals surface area contributed by atoms with Crippen molar-refractivity contribution in [2.24, 2.45) is 5.73 Å². The molecule has 5 nitrogen and oxygen atoms in total. The SMILES string of the molecule is CS(=O)(=O)c1cccc(OCCN(CCN)CCc2ccccc2)c1. The molecule has 6 heteroatoms. The molecule has 0 aliphatic rings. The van der Waals surface area contributed by atoms with Gasteiger partial charge in [0.25, 0.3) is 0 Å². The quantitative estimate of drug-likeness (QED) is 0.700. The Morgan fingerprint density at radius 1 is 1.00 bits per heavy atom. The van der Waals surface area contributed by atoms with Gasteiger partial charge in [-0.25, -0.2) is 8.42 Å². The third kappa shape index (κ3) is 6.86. The van der Waals surface area contributed by atoms with Crippen LogP contribution in [0.4, 0.5) is 0 Å². The second kappa shape index (κ2) is 9.56. The minimum Gasteiger partial charge on any atom is -0.492 e. The van der Waals surface area contributed by atoms with E-state index in [0.717, 1.165) is 26.1 Å². The van der Waals surface area contributed by atoms with Gasteiger partial charge < -0.3 is 10.5 Å². The largest absolute Gasteiger partial charge is 0.492 e. The minimum absolute atomic E-state index is 0.271. The first-order valence-electron chi connectivity index (χ1n) is 8.38. The number of benzene rings is 2. The van der Waals surface area contributed by atoms with Crippen LogP contribution in [0.5, 0.6) is 5.75 Å². The normalized spacial score (nSPS) is 11.6. The Hall–Kier alpha value is -1.89. The maximum atomic E-state index is 11.6. The van der Waals surface area contributed by atoms with Gasteiger partial charge in [-0.05, 0) is 30.2 Å². The van der Waals surface area contributed by atoms with Crippen LogP contribution in [0.2, 0.25) is 0 Å². The molecule has 0 amide bonds. The molecule has 0 aromatic heterocycles. The van der Waals surface area contributed by atoms with E-state index < -0.39 is 9.84 Å². The third-order valence-corrected chi connectivity index (χ3v) is 5.02. The molecule has 0 atom stereocenters. The van der Waals surface area contributed by atoms with Crippen molar-refractivity contribution >= 4 is 9.84 Å². The van der Waals surface area contributed by atoms with Crippen molar-refractivity contribution in [2.75, 3.05) is 39.0 Å². The minimum atomic E-state index is -3.22. The molecule has 0 unspecified atom stereocenters. The van der Waals surface area contributed by atoms with Crippen LogP contribution in [0.1, 0.15) is 5.56 Å². The van der Waals surface area contributed by atoms with Crippen molar-refractivity contribution in [1.29, 1.82) is 0 Å². The average molecular weight is 362 g/mol. The monoisotopic (exact) mass is 362 g/mol. The number of hydrogen-bond donors (Lipinski definition) is 1. The van der Waals surface area contributed by atoms with Gasteiger partial charge in [0.2, 0.25) is 0 Å². The molecule has 0 spiro atoms. The lowest BCUT2D eigenvalue weighted by Crippen LogP contribution is -2.34. The number of hydrogen-bond acceptors (Lipinski definition) is 5. The molecule has 0 radical (unpaired) electrons. The molecule has 0 saturated carbocycles. The predicted octanol–water partition coefficient (Wildman–Crippen LogP) is 1.97. The van der Waals surface area contributed by atoms with Gasteiger partial charge in [0.1, 0.15) is 12.4 Å². The van der Waals surface area contributed by atoms with Gasteiger partial charge in [0.15, 0.2) is 9.84 Å². The standard InChI is InChI=1S/C19H26N2O3S/c1-25(22,23)19-9-5-8-18(16-19)24-15-14-21(13-11-20)12-10-17-6-3-2-4-7-17/h2-9,16H,10-15,20H2,1H3. The van der Waals surface area contributed by atoms with Crippen LogP contribution in [-0.4, -0.2) is 52.4 Å². The molecule has 0 saturated heterocycles. The summed E-state index contributed by atoms with van der Waals surface area (Å²) in [6.07, 6.45) is 2.16. The van der Waals surface area contributed by atoms with E-state index in [4.69, 9.17) is 10.5 Å². The van der Waals surface area contributed by atoms with E-state index in [-0.39, 0.29) is 4.90 Å². The number of sulfone groups is 1. The van der Waals surface area contributed by atoms with Gasteiger partial charge in [-0.3, -0.25) is 4.90 Å². The third-order valence-electron chi connectivity index (χ3n) is 3.91. The first-order chi connectivity index (χ1) is 12.0. The average Bonchev–Trinajstić information content (AvgIpc) is 2.60. The second-order valence-electron chi connectivity index (χ2n) is 5.96. The highest BCUT2D eigenvalue weighted by atomic mass is 32.2. The number of ether oxygens (including phenoxy) is 1. The van der Waals surface area contributed by atoms with E-state index in [1.54, 1.807) is 24.3 Å². The number of rotatable bonds is 10. The van der Waals surface area contributed by atoms with Crippen molar-refractivity contribution in [1.82, 2.24) is 4.90 Å². The maximum Gasteiger partial charge on any atom is 0.175 e. The summed E-state index contributed by atoms with van der Waals surface area (Å²) in [4.78, 5) is 2.53. The molecule has 0 aliphatic carbocycles. The molecular weight excluding hydrogens is 336 g/mol. The summed E-state index contributed by atoms with van der Waals surface area (Å²) in [5, 5.41) is 0. The van der Waals surface area contributed by atoms with Crippen molar-refractivity contribution in [3.63, 3.8) is 0 Å². The van der Waals surface area contributed by atoms with Crippen LogP contribution in [0.15, 0.2) is 59.5 Å². The fraction of sp³-hybridized carbons (Fsp3) is 0.368. The summed E-state index contributed by atoms with van der Waals surface area (Å²) in [6, 6.07) is 16.9. The van der Waals surface area contributed by atoms with E-state index in [1.165, 1.54) is 11.8 Å². The molecule has 2 aromatic carbocycles. The lowest BCUT2D eigenvalue weighted by Gasteiger charge is -2.21. The lowest BCUT2D eigenvalue weighted by atomic mass is 10.1.